The molecule has 1 atom stereocenters. The van der Waals surface area contributed by atoms with Crippen molar-refractivity contribution in [3.63, 3.8) is 0 Å². The van der Waals surface area contributed by atoms with Gasteiger partial charge in [0.1, 0.15) is 0 Å². The Bertz CT molecular complexity index is 602. The van der Waals surface area contributed by atoms with Crippen LogP contribution in [0, 0.1) is 0 Å². The first-order valence-corrected chi connectivity index (χ1v) is 8.39. The Morgan fingerprint density at radius 1 is 1.55 bits per heavy atom. The van der Waals surface area contributed by atoms with Crippen molar-refractivity contribution in [2.24, 2.45) is 7.05 Å². The van der Waals surface area contributed by atoms with Crippen molar-refractivity contribution in [3.05, 3.63) is 38.3 Å². The number of thiophene rings is 1. The molecule has 1 aliphatic rings. The number of nitrogens with one attached hydrogen (secondary N) is 1. The summed E-state index contributed by atoms with van der Waals surface area (Å²) in [7, 11) is 1.99. The molecule has 108 valence electrons. The van der Waals surface area contributed by atoms with E-state index in [2.05, 4.69) is 29.6 Å². The Labute approximate surface area is 129 Å². The summed E-state index contributed by atoms with van der Waals surface area (Å²) in [6.07, 6.45) is 6.73. The van der Waals surface area contributed by atoms with Crippen LogP contribution in [0.4, 0.5) is 0 Å². The van der Waals surface area contributed by atoms with E-state index in [0.29, 0.717) is 6.04 Å². The van der Waals surface area contributed by atoms with E-state index in [9.17, 15) is 0 Å². The molecule has 3 nitrogen and oxygen atoms in total. The fraction of sp³-hybridized carbons (Fsp3) is 0.533. The van der Waals surface area contributed by atoms with Crippen LogP contribution in [0.1, 0.15) is 47.5 Å². The van der Waals surface area contributed by atoms with Crippen molar-refractivity contribution in [2.45, 2.75) is 45.2 Å². The predicted octanol–water partition coefficient (Wildman–Crippen LogP) is 3.86. The SMILES string of the molecule is CCc1nn(C)cc1CNC1CCCc2sc(Cl)cc21. The second-order valence-electron chi connectivity index (χ2n) is 5.38. The van der Waals surface area contributed by atoms with Gasteiger partial charge in [-0.1, -0.05) is 18.5 Å². The summed E-state index contributed by atoms with van der Waals surface area (Å²) in [5.41, 5.74) is 3.91. The Morgan fingerprint density at radius 3 is 3.20 bits per heavy atom. The second kappa shape index (κ2) is 5.88. The van der Waals surface area contributed by atoms with E-state index in [-0.39, 0.29) is 0 Å². The number of hydrogen-bond acceptors (Lipinski definition) is 3. The summed E-state index contributed by atoms with van der Waals surface area (Å²) in [6.45, 7) is 3.04. The molecule has 2 aromatic rings. The molecule has 5 heteroatoms. The summed E-state index contributed by atoms with van der Waals surface area (Å²) >= 11 is 7.90. The molecule has 0 bridgehead atoms. The topological polar surface area (TPSA) is 29.9 Å². The fourth-order valence-corrected chi connectivity index (χ4v) is 4.38. The number of halogens is 1. The van der Waals surface area contributed by atoms with E-state index >= 15 is 0 Å². The van der Waals surface area contributed by atoms with Gasteiger partial charge in [0.25, 0.3) is 0 Å². The molecule has 0 saturated carbocycles. The van der Waals surface area contributed by atoms with Gasteiger partial charge >= 0.3 is 0 Å². The number of nitrogens with zero attached hydrogens (tertiary/aromatic N) is 2. The zero-order valence-corrected chi connectivity index (χ0v) is 13.5. The highest BCUT2D eigenvalue weighted by Gasteiger charge is 2.22. The number of rotatable bonds is 4. The van der Waals surface area contributed by atoms with Gasteiger partial charge in [0.05, 0.1) is 10.0 Å². The van der Waals surface area contributed by atoms with Crippen LogP contribution in [0.3, 0.4) is 0 Å². The minimum atomic E-state index is 0.437. The van der Waals surface area contributed by atoms with Gasteiger partial charge in [0.15, 0.2) is 0 Å². The minimum Gasteiger partial charge on any atom is -0.306 e. The first-order chi connectivity index (χ1) is 9.67. The molecule has 1 unspecified atom stereocenters. The van der Waals surface area contributed by atoms with E-state index in [1.54, 1.807) is 11.3 Å². The monoisotopic (exact) mass is 309 g/mol. The first kappa shape index (κ1) is 14.1. The Balaban J connectivity index is 1.73. The zero-order chi connectivity index (χ0) is 14.1. The van der Waals surface area contributed by atoms with Crippen LogP contribution in [0.15, 0.2) is 12.3 Å². The number of fused-ring (bicyclic) bond motifs is 1. The summed E-state index contributed by atoms with van der Waals surface area (Å²) in [4.78, 5) is 1.46. The van der Waals surface area contributed by atoms with Crippen LogP contribution >= 0.6 is 22.9 Å². The minimum absolute atomic E-state index is 0.437. The maximum atomic E-state index is 6.16. The van der Waals surface area contributed by atoms with Gasteiger partial charge in [-0.2, -0.15) is 5.10 Å². The Hall–Kier alpha value is -0.840. The third kappa shape index (κ3) is 2.78. The van der Waals surface area contributed by atoms with Crippen molar-refractivity contribution in [1.82, 2.24) is 15.1 Å². The lowest BCUT2D eigenvalue weighted by Gasteiger charge is -2.23. The number of aromatic nitrogens is 2. The molecule has 0 radical (unpaired) electrons. The van der Waals surface area contributed by atoms with Crippen LogP contribution in [0.2, 0.25) is 4.34 Å². The molecule has 2 heterocycles. The third-order valence-electron chi connectivity index (χ3n) is 3.95. The standard InChI is InChI=1S/C15H20ClN3S/c1-3-12-10(9-19(2)18-12)8-17-13-5-4-6-14-11(13)7-15(16)20-14/h7,9,13,17H,3-6,8H2,1-2H3. The van der Waals surface area contributed by atoms with Crippen LogP contribution in [0.5, 0.6) is 0 Å². The molecule has 1 aliphatic carbocycles. The maximum Gasteiger partial charge on any atom is 0.0934 e. The van der Waals surface area contributed by atoms with Crippen molar-refractivity contribution in [1.29, 1.82) is 0 Å². The molecule has 2 aromatic heterocycles. The van der Waals surface area contributed by atoms with Gasteiger partial charge in [-0.25, -0.2) is 0 Å². The van der Waals surface area contributed by atoms with Crippen LogP contribution in [-0.4, -0.2) is 9.78 Å². The van der Waals surface area contributed by atoms with Gasteiger partial charge in [-0.05, 0) is 37.3 Å². The van der Waals surface area contributed by atoms with Gasteiger partial charge in [-0.15, -0.1) is 11.3 Å². The number of hydrogen-bond donors (Lipinski definition) is 1. The highest BCUT2D eigenvalue weighted by atomic mass is 35.5. The predicted molar refractivity (Wildman–Crippen MR) is 84.4 cm³/mol. The molecular formula is C15H20ClN3S. The molecule has 0 spiro atoms. The summed E-state index contributed by atoms with van der Waals surface area (Å²) < 4.78 is 2.82. The molecule has 0 aliphatic heterocycles. The van der Waals surface area contributed by atoms with E-state index in [4.69, 9.17) is 11.6 Å². The zero-order valence-electron chi connectivity index (χ0n) is 11.9. The smallest absolute Gasteiger partial charge is 0.0934 e. The van der Waals surface area contributed by atoms with E-state index in [1.807, 2.05) is 11.7 Å². The lowest BCUT2D eigenvalue weighted by atomic mass is 9.94. The quantitative estimate of drug-likeness (QED) is 0.929. The highest BCUT2D eigenvalue weighted by molar-refractivity contribution is 7.16. The fourth-order valence-electron chi connectivity index (χ4n) is 3.00. The van der Waals surface area contributed by atoms with E-state index in [0.717, 1.165) is 17.3 Å². The summed E-state index contributed by atoms with van der Waals surface area (Å²) in [5.74, 6) is 0. The Kier molecular flexibility index (Phi) is 4.15. The van der Waals surface area contributed by atoms with Gasteiger partial charge in [0.2, 0.25) is 0 Å². The number of aryl methyl sites for hydroxylation is 3. The summed E-state index contributed by atoms with van der Waals surface area (Å²) in [5, 5.41) is 8.19. The molecule has 0 aromatic carbocycles. The largest absolute Gasteiger partial charge is 0.306 e. The Morgan fingerprint density at radius 2 is 2.40 bits per heavy atom. The molecule has 0 fully saturated rings. The van der Waals surface area contributed by atoms with E-state index in [1.165, 1.54) is 41.0 Å². The third-order valence-corrected chi connectivity index (χ3v) is 5.29. The second-order valence-corrected chi connectivity index (χ2v) is 7.15. The van der Waals surface area contributed by atoms with Gasteiger partial charge in [-0.3, -0.25) is 4.68 Å². The maximum absolute atomic E-state index is 6.16. The summed E-state index contributed by atoms with van der Waals surface area (Å²) in [6, 6.07) is 2.58. The molecular weight excluding hydrogens is 290 g/mol. The van der Waals surface area contributed by atoms with Crippen LogP contribution in [0.25, 0.3) is 0 Å². The highest BCUT2D eigenvalue weighted by Crippen LogP contribution is 2.37. The van der Waals surface area contributed by atoms with Crippen molar-refractivity contribution >= 4 is 22.9 Å². The molecule has 3 rings (SSSR count). The van der Waals surface area contributed by atoms with E-state index < -0.39 is 0 Å². The normalized spacial score (nSPS) is 18.2. The molecule has 1 N–H and O–H groups in total. The average Bonchev–Trinajstić information content (AvgIpc) is 2.97. The lowest BCUT2D eigenvalue weighted by molar-refractivity contribution is 0.462. The average molecular weight is 310 g/mol. The first-order valence-electron chi connectivity index (χ1n) is 7.20. The molecule has 0 amide bonds. The van der Waals surface area contributed by atoms with Gasteiger partial charge in [0, 0.05) is 36.3 Å². The van der Waals surface area contributed by atoms with Crippen LogP contribution in [-0.2, 0) is 26.4 Å². The van der Waals surface area contributed by atoms with Gasteiger partial charge < -0.3 is 5.32 Å². The lowest BCUT2D eigenvalue weighted by Crippen LogP contribution is -2.24. The van der Waals surface area contributed by atoms with Crippen LogP contribution < -0.4 is 5.32 Å². The molecule has 20 heavy (non-hydrogen) atoms. The van der Waals surface area contributed by atoms with Crippen molar-refractivity contribution in [3.8, 4) is 0 Å². The van der Waals surface area contributed by atoms with Crippen molar-refractivity contribution < 1.29 is 0 Å². The van der Waals surface area contributed by atoms with Crippen molar-refractivity contribution in [2.75, 3.05) is 0 Å². The molecule has 0 saturated heterocycles.